The van der Waals surface area contributed by atoms with Gasteiger partial charge in [-0.25, -0.2) is 0 Å². The van der Waals surface area contributed by atoms with Gasteiger partial charge in [0, 0.05) is 24.7 Å². The second-order valence-corrected chi connectivity index (χ2v) is 5.80. The van der Waals surface area contributed by atoms with E-state index in [9.17, 15) is 9.59 Å². The normalized spacial score (nSPS) is 20.5. The molecule has 2 unspecified atom stereocenters. The number of carbonyl (C=O) groups excluding carboxylic acids is 2. The molecule has 1 fully saturated rings. The van der Waals surface area contributed by atoms with Gasteiger partial charge in [0.25, 0.3) is 11.8 Å². The number of piperidine rings is 1. The van der Waals surface area contributed by atoms with E-state index in [1.165, 1.54) is 0 Å². The minimum Gasteiger partial charge on any atom is -0.484 e. The molecule has 1 aromatic rings. The summed E-state index contributed by atoms with van der Waals surface area (Å²) in [5, 5.41) is 0. The average molecular weight is 342 g/mol. The average Bonchev–Trinajstić information content (AvgIpc) is 2.52. The molecule has 0 radical (unpaired) electrons. The van der Waals surface area contributed by atoms with Gasteiger partial charge in [-0.3, -0.25) is 9.59 Å². The van der Waals surface area contributed by atoms with Crippen LogP contribution in [0.15, 0.2) is 24.3 Å². The SMILES string of the molecule is CC1CCN(C(=O)c2cccc(OCC(N)=O)c2)C(CN)C1.Cl. The largest absolute Gasteiger partial charge is 0.484 e. The lowest BCUT2D eigenvalue weighted by atomic mass is 9.92. The van der Waals surface area contributed by atoms with Crippen LogP contribution < -0.4 is 16.2 Å². The van der Waals surface area contributed by atoms with Gasteiger partial charge in [-0.15, -0.1) is 12.4 Å². The van der Waals surface area contributed by atoms with Crippen molar-refractivity contribution in [3.8, 4) is 5.75 Å². The number of rotatable bonds is 5. The maximum absolute atomic E-state index is 12.7. The van der Waals surface area contributed by atoms with E-state index < -0.39 is 5.91 Å². The number of likely N-dealkylation sites (tertiary alicyclic amines) is 1. The van der Waals surface area contributed by atoms with Crippen molar-refractivity contribution >= 4 is 24.2 Å². The zero-order valence-electron chi connectivity index (χ0n) is 13.2. The molecule has 23 heavy (non-hydrogen) atoms. The standard InChI is InChI=1S/C16H23N3O3.ClH/c1-11-5-6-19(13(7-11)9-17)16(21)12-3-2-4-14(8-12)22-10-15(18)20;/h2-4,8,11,13H,5-7,9-10,17H2,1H3,(H2,18,20);1H. The maximum Gasteiger partial charge on any atom is 0.255 e. The van der Waals surface area contributed by atoms with E-state index >= 15 is 0 Å². The van der Waals surface area contributed by atoms with Crippen molar-refractivity contribution in [1.29, 1.82) is 0 Å². The summed E-state index contributed by atoms with van der Waals surface area (Å²) in [6, 6.07) is 6.87. The predicted octanol–water partition coefficient (Wildman–Crippen LogP) is 1.17. The Balaban J connectivity index is 0.00000264. The summed E-state index contributed by atoms with van der Waals surface area (Å²) >= 11 is 0. The van der Waals surface area contributed by atoms with Crippen molar-refractivity contribution in [1.82, 2.24) is 4.90 Å². The topological polar surface area (TPSA) is 98.6 Å². The molecule has 4 N–H and O–H groups in total. The van der Waals surface area contributed by atoms with Crippen LogP contribution in [-0.2, 0) is 4.79 Å². The van der Waals surface area contributed by atoms with Crippen LogP contribution in [0.1, 0.15) is 30.1 Å². The molecule has 2 atom stereocenters. The highest BCUT2D eigenvalue weighted by Crippen LogP contribution is 2.24. The van der Waals surface area contributed by atoms with Crippen molar-refractivity contribution < 1.29 is 14.3 Å². The molecule has 7 heteroatoms. The van der Waals surface area contributed by atoms with Crippen molar-refractivity contribution in [2.75, 3.05) is 19.7 Å². The monoisotopic (exact) mass is 341 g/mol. The number of hydrogen-bond donors (Lipinski definition) is 2. The van der Waals surface area contributed by atoms with Crippen LogP contribution in [-0.4, -0.2) is 42.5 Å². The van der Waals surface area contributed by atoms with Crippen LogP contribution in [0.4, 0.5) is 0 Å². The van der Waals surface area contributed by atoms with Crippen LogP contribution in [0.3, 0.4) is 0 Å². The van der Waals surface area contributed by atoms with Gasteiger partial charge >= 0.3 is 0 Å². The fraction of sp³-hybridized carbons (Fsp3) is 0.500. The third-order valence-electron chi connectivity index (χ3n) is 3.97. The Kier molecular flexibility index (Phi) is 7.32. The first-order valence-corrected chi connectivity index (χ1v) is 7.53. The second-order valence-electron chi connectivity index (χ2n) is 5.80. The van der Waals surface area contributed by atoms with Gasteiger partial charge in [-0.05, 0) is 37.0 Å². The first kappa shape index (κ1) is 19.3. The lowest BCUT2D eigenvalue weighted by Crippen LogP contribution is -2.49. The van der Waals surface area contributed by atoms with Crippen LogP contribution >= 0.6 is 12.4 Å². The molecule has 1 heterocycles. The highest BCUT2D eigenvalue weighted by molar-refractivity contribution is 5.95. The number of nitrogens with two attached hydrogens (primary N) is 2. The molecule has 0 saturated carbocycles. The van der Waals surface area contributed by atoms with Gasteiger partial charge in [0.1, 0.15) is 5.75 Å². The van der Waals surface area contributed by atoms with Crippen LogP contribution in [0.25, 0.3) is 0 Å². The number of primary amides is 1. The molecule has 6 nitrogen and oxygen atoms in total. The van der Waals surface area contributed by atoms with Crippen LogP contribution in [0.2, 0.25) is 0 Å². The number of benzene rings is 1. The summed E-state index contributed by atoms with van der Waals surface area (Å²) in [4.78, 5) is 25.3. The summed E-state index contributed by atoms with van der Waals surface area (Å²) in [5.74, 6) is 0.443. The quantitative estimate of drug-likeness (QED) is 0.839. The van der Waals surface area contributed by atoms with Crippen LogP contribution in [0.5, 0.6) is 5.75 Å². The predicted molar refractivity (Wildman–Crippen MR) is 90.7 cm³/mol. The van der Waals surface area contributed by atoms with Gasteiger partial charge < -0.3 is 21.1 Å². The lowest BCUT2D eigenvalue weighted by Gasteiger charge is -2.38. The summed E-state index contributed by atoms with van der Waals surface area (Å²) < 4.78 is 5.25. The zero-order chi connectivity index (χ0) is 16.1. The molecule has 0 spiro atoms. The van der Waals surface area contributed by atoms with E-state index in [1.807, 2.05) is 4.90 Å². The zero-order valence-corrected chi connectivity index (χ0v) is 14.1. The number of hydrogen-bond acceptors (Lipinski definition) is 4. The number of halogens is 1. The Hall–Kier alpha value is -1.79. The minimum absolute atomic E-state index is 0. The van der Waals surface area contributed by atoms with E-state index in [0.717, 1.165) is 12.8 Å². The fourth-order valence-electron chi connectivity index (χ4n) is 2.78. The molecule has 128 valence electrons. The molecule has 1 aromatic carbocycles. The van der Waals surface area contributed by atoms with Gasteiger partial charge in [0.05, 0.1) is 0 Å². The van der Waals surface area contributed by atoms with Crippen molar-refractivity contribution in [3.63, 3.8) is 0 Å². The Labute approximate surface area is 142 Å². The summed E-state index contributed by atoms with van der Waals surface area (Å²) in [5.41, 5.74) is 11.4. The summed E-state index contributed by atoms with van der Waals surface area (Å²) in [6.45, 7) is 3.16. The van der Waals surface area contributed by atoms with E-state index in [4.69, 9.17) is 16.2 Å². The molecule has 1 aliphatic heterocycles. The van der Waals surface area contributed by atoms with Gasteiger partial charge in [-0.1, -0.05) is 13.0 Å². The molecule has 2 amide bonds. The Morgan fingerprint density at radius 2 is 2.13 bits per heavy atom. The molecule has 1 saturated heterocycles. The molecular weight excluding hydrogens is 318 g/mol. The Bertz CT molecular complexity index is 553. The maximum atomic E-state index is 12.7. The molecular formula is C16H24ClN3O3. The summed E-state index contributed by atoms with van der Waals surface area (Å²) in [7, 11) is 0. The number of carbonyl (C=O) groups is 2. The lowest BCUT2D eigenvalue weighted by molar-refractivity contribution is -0.119. The van der Waals surface area contributed by atoms with Gasteiger partial charge in [0.15, 0.2) is 6.61 Å². The number of nitrogens with zero attached hydrogens (tertiary/aromatic N) is 1. The van der Waals surface area contributed by atoms with E-state index in [0.29, 0.717) is 30.3 Å². The smallest absolute Gasteiger partial charge is 0.255 e. The van der Waals surface area contributed by atoms with Gasteiger partial charge in [-0.2, -0.15) is 0 Å². The van der Waals surface area contributed by atoms with E-state index in [-0.39, 0.29) is 31.0 Å². The molecule has 2 rings (SSSR count). The highest BCUT2D eigenvalue weighted by atomic mass is 35.5. The second kappa shape index (κ2) is 8.74. The van der Waals surface area contributed by atoms with Crippen LogP contribution in [0, 0.1) is 5.92 Å². The van der Waals surface area contributed by atoms with Crippen molar-refractivity contribution in [2.45, 2.75) is 25.8 Å². The number of amides is 2. The van der Waals surface area contributed by atoms with E-state index in [2.05, 4.69) is 6.92 Å². The first-order chi connectivity index (χ1) is 10.5. The Morgan fingerprint density at radius 3 is 2.78 bits per heavy atom. The van der Waals surface area contributed by atoms with Crippen molar-refractivity contribution in [2.24, 2.45) is 17.4 Å². The molecule has 0 bridgehead atoms. The molecule has 0 aromatic heterocycles. The highest BCUT2D eigenvalue weighted by Gasteiger charge is 2.29. The van der Waals surface area contributed by atoms with Gasteiger partial charge in [0.2, 0.25) is 0 Å². The Morgan fingerprint density at radius 1 is 1.39 bits per heavy atom. The third-order valence-corrected chi connectivity index (χ3v) is 3.97. The number of ether oxygens (including phenoxy) is 1. The first-order valence-electron chi connectivity index (χ1n) is 7.53. The molecule has 0 aliphatic carbocycles. The summed E-state index contributed by atoms with van der Waals surface area (Å²) in [6.07, 6.45) is 1.92. The molecule has 1 aliphatic rings. The third kappa shape index (κ3) is 5.11. The fourth-order valence-corrected chi connectivity index (χ4v) is 2.78. The van der Waals surface area contributed by atoms with Crippen molar-refractivity contribution in [3.05, 3.63) is 29.8 Å². The van der Waals surface area contributed by atoms with E-state index in [1.54, 1.807) is 24.3 Å². The minimum atomic E-state index is -0.551.